The molecule has 0 saturated carbocycles. The second-order valence-electron chi connectivity index (χ2n) is 6.27. The minimum Gasteiger partial charge on any atom is -0.493 e. The monoisotopic (exact) mass is 328 g/mol. The van der Waals surface area contributed by atoms with Gasteiger partial charge in [0.2, 0.25) is 0 Å². The number of rotatable bonds is 6. The smallest absolute Gasteiger partial charge is 0.152 e. The van der Waals surface area contributed by atoms with Crippen LogP contribution in [0.1, 0.15) is 26.6 Å². The average Bonchev–Trinajstić information content (AvgIpc) is 2.88. The van der Waals surface area contributed by atoms with Crippen molar-refractivity contribution in [3.8, 4) is 5.75 Å². The van der Waals surface area contributed by atoms with Crippen LogP contribution in [0.2, 0.25) is 0 Å². The number of aryl methyl sites for hydroxylation is 1. The van der Waals surface area contributed by atoms with Gasteiger partial charge in [0.1, 0.15) is 23.7 Å². The van der Waals surface area contributed by atoms with Crippen LogP contribution in [0.5, 0.6) is 5.75 Å². The van der Waals surface area contributed by atoms with E-state index in [0.29, 0.717) is 37.1 Å². The number of fused-ring (bicyclic) bond motifs is 3. The van der Waals surface area contributed by atoms with Crippen molar-refractivity contribution in [2.24, 2.45) is 13.0 Å². The van der Waals surface area contributed by atoms with Crippen LogP contribution in [0, 0.1) is 5.92 Å². The van der Waals surface area contributed by atoms with Gasteiger partial charge in [0.05, 0.1) is 23.0 Å². The summed E-state index contributed by atoms with van der Waals surface area (Å²) in [5.74, 6) is 2.51. The molecule has 1 aromatic carbocycles. The molecule has 0 aliphatic rings. The highest BCUT2D eigenvalue weighted by Gasteiger charge is 2.18. The molecule has 0 bridgehead atoms. The van der Waals surface area contributed by atoms with Crippen LogP contribution in [-0.4, -0.2) is 27.7 Å². The lowest BCUT2D eigenvalue weighted by molar-refractivity contribution is 0.126. The number of aromatic nitrogens is 3. The summed E-state index contributed by atoms with van der Waals surface area (Å²) in [6.07, 6.45) is 0. The summed E-state index contributed by atoms with van der Waals surface area (Å²) in [4.78, 5) is 9.14. The maximum Gasteiger partial charge on any atom is 0.152 e. The largest absolute Gasteiger partial charge is 0.493 e. The van der Waals surface area contributed by atoms with Crippen molar-refractivity contribution in [3.05, 3.63) is 24.0 Å². The molecular weight excluding hydrogens is 304 g/mol. The van der Waals surface area contributed by atoms with Gasteiger partial charge in [0.15, 0.2) is 5.82 Å². The minimum absolute atomic E-state index is 0.428. The predicted molar refractivity (Wildman–Crippen MR) is 96.1 cm³/mol. The molecule has 0 amide bonds. The van der Waals surface area contributed by atoms with Gasteiger partial charge in [-0.15, -0.1) is 0 Å². The van der Waals surface area contributed by atoms with E-state index in [0.717, 1.165) is 28.0 Å². The molecule has 3 aromatic rings. The van der Waals surface area contributed by atoms with Crippen molar-refractivity contribution in [2.45, 2.75) is 27.4 Å². The fourth-order valence-electron chi connectivity index (χ4n) is 2.74. The predicted octanol–water partition coefficient (Wildman–Crippen LogP) is 3.28. The summed E-state index contributed by atoms with van der Waals surface area (Å²) in [6.45, 7) is 7.95. The molecular formula is C18H24N4O2. The molecule has 0 fully saturated rings. The first-order valence-electron chi connectivity index (χ1n) is 8.27. The summed E-state index contributed by atoms with van der Waals surface area (Å²) in [6, 6.07) is 5.85. The SMILES string of the molecule is CCOCc1nc2c(N)nc3cccc(OCC(C)C)c3c2n1C. The summed E-state index contributed by atoms with van der Waals surface area (Å²) < 4.78 is 13.6. The summed E-state index contributed by atoms with van der Waals surface area (Å²) in [5.41, 5.74) is 8.58. The third-order valence-electron chi connectivity index (χ3n) is 3.92. The zero-order valence-corrected chi connectivity index (χ0v) is 14.7. The Bertz CT molecular complexity index is 870. The lowest BCUT2D eigenvalue weighted by atomic mass is 10.1. The Kier molecular flexibility index (Phi) is 4.57. The van der Waals surface area contributed by atoms with Gasteiger partial charge >= 0.3 is 0 Å². The highest BCUT2D eigenvalue weighted by Crippen LogP contribution is 2.34. The number of hydrogen-bond acceptors (Lipinski definition) is 5. The molecule has 0 aliphatic heterocycles. The molecule has 24 heavy (non-hydrogen) atoms. The van der Waals surface area contributed by atoms with Gasteiger partial charge in [-0.3, -0.25) is 0 Å². The summed E-state index contributed by atoms with van der Waals surface area (Å²) in [5, 5.41) is 0.945. The fraction of sp³-hybridized carbons (Fsp3) is 0.444. The molecule has 0 spiro atoms. The normalized spacial score (nSPS) is 11.7. The molecule has 0 atom stereocenters. The fourth-order valence-corrected chi connectivity index (χ4v) is 2.74. The number of benzene rings is 1. The quantitative estimate of drug-likeness (QED) is 0.751. The van der Waals surface area contributed by atoms with Crippen molar-refractivity contribution in [1.82, 2.24) is 14.5 Å². The number of hydrogen-bond donors (Lipinski definition) is 1. The van der Waals surface area contributed by atoms with Gasteiger partial charge in [-0.1, -0.05) is 19.9 Å². The van der Waals surface area contributed by atoms with Crippen molar-refractivity contribution >= 4 is 27.8 Å². The molecule has 6 nitrogen and oxygen atoms in total. The third-order valence-corrected chi connectivity index (χ3v) is 3.92. The van der Waals surface area contributed by atoms with E-state index in [1.54, 1.807) is 0 Å². The molecule has 2 aromatic heterocycles. The number of ether oxygens (including phenoxy) is 2. The molecule has 0 radical (unpaired) electrons. The Labute approximate surface area is 141 Å². The van der Waals surface area contributed by atoms with Gasteiger partial charge in [-0.25, -0.2) is 9.97 Å². The van der Waals surface area contributed by atoms with E-state index in [1.165, 1.54) is 0 Å². The first-order valence-corrected chi connectivity index (χ1v) is 8.27. The van der Waals surface area contributed by atoms with Crippen LogP contribution in [0.15, 0.2) is 18.2 Å². The molecule has 6 heteroatoms. The van der Waals surface area contributed by atoms with E-state index in [-0.39, 0.29) is 0 Å². The number of anilines is 1. The van der Waals surface area contributed by atoms with Crippen LogP contribution >= 0.6 is 0 Å². The molecule has 0 aliphatic carbocycles. The van der Waals surface area contributed by atoms with Crippen LogP contribution in [0.4, 0.5) is 5.82 Å². The topological polar surface area (TPSA) is 75.2 Å². The van der Waals surface area contributed by atoms with Crippen molar-refractivity contribution in [3.63, 3.8) is 0 Å². The number of nitrogen functional groups attached to an aromatic ring is 1. The van der Waals surface area contributed by atoms with E-state index in [2.05, 4.69) is 23.8 Å². The van der Waals surface area contributed by atoms with Crippen molar-refractivity contribution in [1.29, 1.82) is 0 Å². The lowest BCUT2D eigenvalue weighted by Crippen LogP contribution is -2.06. The van der Waals surface area contributed by atoms with E-state index < -0.39 is 0 Å². The van der Waals surface area contributed by atoms with Gasteiger partial charge in [0.25, 0.3) is 0 Å². The highest BCUT2D eigenvalue weighted by molar-refractivity contribution is 6.09. The zero-order valence-electron chi connectivity index (χ0n) is 14.7. The Balaban J connectivity index is 2.24. The lowest BCUT2D eigenvalue weighted by Gasteiger charge is -2.13. The van der Waals surface area contributed by atoms with E-state index >= 15 is 0 Å². The van der Waals surface area contributed by atoms with Crippen LogP contribution in [-0.2, 0) is 18.4 Å². The van der Waals surface area contributed by atoms with E-state index in [4.69, 9.17) is 15.2 Å². The first-order chi connectivity index (χ1) is 11.5. The van der Waals surface area contributed by atoms with Crippen LogP contribution in [0.25, 0.3) is 21.9 Å². The number of nitrogens with two attached hydrogens (primary N) is 1. The Morgan fingerprint density at radius 2 is 2.04 bits per heavy atom. The number of nitrogens with zero attached hydrogens (tertiary/aromatic N) is 3. The zero-order chi connectivity index (χ0) is 17.3. The molecule has 3 rings (SSSR count). The molecule has 0 saturated heterocycles. The molecule has 0 unspecified atom stereocenters. The summed E-state index contributed by atoms with van der Waals surface area (Å²) >= 11 is 0. The molecule has 2 heterocycles. The van der Waals surface area contributed by atoms with Gasteiger partial charge in [0, 0.05) is 13.7 Å². The number of pyridine rings is 1. The second kappa shape index (κ2) is 6.65. The number of imidazole rings is 1. The minimum atomic E-state index is 0.428. The highest BCUT2D eigenvalue weighted by atomic mass is 16.5. The van der Waals surface area contributed by atoms with E-state index in [1.807, 2.05) is 36.7 Å². The Morgan fingerprint density at radius 1 is 1.25 bits per heavy atom. The third kappa shape index (κ3) is 2.89. The Hall–Kier alpha value is -2.34. The first kappa shape index (κ1) is 16.5. The molecule has 2 N–H and O–H groups in total. The van der Waals surface area contributed by atoms with Crippen molar-refractivity contribution < 1.29 is 9.47 Å². The second-order valence-corrected chi connectivity index (χ2v) is 6.27. The average molecular weight is 328 g/mol. The van der Waals surface area contributed by atoms with Crippen molar-refractivity contribution in [2.75, 3.05) is 18.9 Å². The van der Waals surface area contributed by atoms with Gasteiger partial charge in [-0.05, 0) is 25.0 Å². The van der Waals surface area contributed by atoms with E-state index in [9.17, 15) is 0 Å². The Morgan fingerprint density at radius 3 is 2.75 bits per heavy atom. The molecule has 128 valence electrons. The van der Waals surface area contributed by atoms with Crippen LogP contribution < -0.4 is 10.5 Å². The standard InChI is InChI=1S/C18H24N4O2/c1-5-23-10-14-21-16-17(22(14)4)15-12(20-18(16)19)7-6-8-13(15)24-9-11(2)3/h6-8,11H,5,9-10H2,1-4H3,(H2,19,20). The summed E-state index contributed by atoms with van der Waals surface area (Å²) in [7, 11) is 1.97. The maximum atomic E-state index is 6.14. The van der Waals surface area contributed by atoms with Gasteiger partial charge in [-0.2, -0.15) is 0 Å². The van der Waals surface area contributed by atoms with Crippen LogP contribution in [0.3, 0.4) is 0 Å². The maximum absolute atomic E-state index is 6.14. The van der Waals surface area contributed by atoms with Gasteiger partial charge < -0.3 is 19.8 Å².